The highest BCUT2D eigenvalue weighted by molar-refractivity contribution is 5.88. The molecule has 25 heavy (non-hydrogen) atoms. The summed E-state index contributed by atoms with van der Waals surface area (Å²) in [6, 6.07) is -0.652. The predicted octanol–water partition coefficient (Wildman–Crippen LogP) is 2.20. The average Bonchev–Trinajstić information content (AvgIpc) is 2.58. The highest BCUT2D eigenvalue weighted by Gasteiger charge is 2.20. The van der Waals surface area contributed by atoms with Gasteiger partial charge < -0.3 is 21.7 Å². The summed E-state index contributed by atoms with van der Waals surface area (Å²) < 4.78 is 0. The molecule has 0 aromatic rings. The fourth-order valence-electron chi connectivity index (χ4n) is 1.76. The number of hydrogen-bond donors (Lipinski definition) is 4. The van der Waals surface area contributed by atoms with Crippen molar-refractivity contribution in [2.24, 2.45) is 11.7 Å². The van der Waals surface area contributed by atoms with Crippen LogP contribution in [0.4, 0.5) is 4.79 Å². The van der Waals surface area contributed by atoms with Crippen LogP contribution in [0.25, 0.3) is 0 Å². The molecule has 0 saturated heterocycles. The van der Waals surface area contributed by atoms with Crippen molar-refractivity contribution in [3.8, 4) is 0 Å². The third kappa shape index (κ3) is 20.3. The second kappa shape index (κ2) is 20.4. The summed E-state index contributed by atoms with van der Waals surface area (Å²) in [6.07, 6.45) is 2.30. The molecule has 3 amide bonds. The van der Waals surface area contributed by atoms with Gasteiger partial charge in [-0.1, -0.05) is 48.5 Å². The first-order valence-corrected chi connectivity index (χ1v) is 9.36. The van der Waals surface area contributed by atoms with Crippen LogP contribution in [0, 0.1) is 5.92 Å². The van der Waals surface area contributed by atoms with Crippen LogP contribution in [0.1, 0.15) is 67.7 Å². The monoisotopic (exact) mass is 360 g/mol. The number of likely N-dealkylation sites (N-methyl/N-ethyl adjacent to an activating group) is 1. The Labute approximate surface area is 153 Å². The number of carbonyl (C=O) groups is 3. The van der Waals surface area contributed by atoms with E-state index in [9.17, 15) is 14.4 Å². The van der Waals surface area contributed by atoms with Crippen molar-refractivity contribution >= 4 is 17.7 Å². The lowest BCUT2D eigenvalue weighted by Gasteiger charge is -2.20. The summed E-state index contributed by atoms with van der Waals surface area (Å²) in [5.74, 6) is 0.234. The van der Waals surface area contributed by atoms with E-state index in [0.717, 1.165) is 19.4 Å². The van der Waals surface area contributed by atoms with Gasteiger partial charge in [0.1, 0.15) is 0 Å². The summed E-state index contributed by atoms with van der Waals surface area (Å²) in [6.45, 7) is 15.4. The van der Waals surface area contributed by atoms with Crippen LogP contribution in [0.5, 0.6) is 0 Å². The van der Waals surface area contributed by atoms with Gasteiger partial charge >= 0.3 is 6.03 Å². The molecular formula is C18H40N4O3. The van der Waals surface area contributed by atoms with Gasteiger partial charge in [-0.15, -0.1) is 0 Å². The van der Waals surface area contributed by atoms with Gasteiger partial charge in [-0.05, 0) is 25.3 Å². The van der Waals surface area contributed by atoms with Crippen molar-refractivity contribution in [1.82, 2.24) is 16.0 Å². The second-order valence-corrected chi connectivity index (χ2v) is 5.58. The first-order valence-electron chi connectivity index (χ1n) is 9.36. The average molecular weight is 361 g/mol. The molecule has 0 fully saturated rings. The SMILES string of the molecule is CC.CCCC(=O)CNC(=O)C(NCC)C(C)C.CCCNC(N)=O. The van der Waals surface area contributed by atoms with E-state index in [4.69, 9.17) is 5.73 Å². The number of carbonyl (C=O) groups excluding carboxylic acids is 3. The van der Waals surface area contributed by atoms with E-state index in [0.29, 0.717) is 13.0 Å². The number of rotatable bonds is 10. The number of nitrogens with two attached hydrogens (primary N) is 1. The van der Waals surface area contributed by atoms with Crippen LogP contribution in [0.15, 0.2) is 0 Å². The summed E-state index contributed by atoms with van der Waals surface area (Å²) >= 11 is 0. The molecule has 7 heteroatoms. The summed E-state index contributed by atoms with van der Waals surface area (Å²) in [7, 11) is 0. The molecular weight excluding hydrogens is 320 g/mol. The Morgan fingerprint density at radius 2 is 1.52 bits per heavy atom. The molecule has 0 aliphatic rings. The van der Waals surface area contributed by atoms with E-state index in [1.165, 1.54) is 0 Å². The summed E-state index contributed by atoms with van der Waals surface area (Å²) in [5, 5.41) is 8.23. The first-order chi connectivity index (χ1) is 11.8. The van der Waals surface area contributed by atoms with Gasteiger partial charge in [-0.25, -0.2) is 4.79 Å². The molecule has 150 valence electrons. The van der Waals surface area contributed by atoms with Crippen LogP contribution in [0.3, 0.4) is 0 Å². The molecule has 7 nitrogen and oxygen atoms in total. The van der Waals surface area contributed by atoms with Gasteiger partial charge in [0.05, 0.1) is 12.6 Å². The quantitative estimate of drug-likeness (QED) is 0.478. The lowest BCUT2D eigenvalue weighted by atomic mass is 10.0. The smallest absolute Gasteiger partial charge is 0.312 e. The van der Waals surface area contributed by atoms with Gasteiger partial charge in [-0.2, -0.15) is 0 Å². The second-order valence-electron chi connectivity index (χ2n) is 5.58. The standard InChI is InChI=1S/C12H24N2O2.C4H10N2O.C2H6/c1-5-7-10(15)8-14-12(16)11(9(3)4)13-6-2;1-2-3-6-4(5)7;1-2/h9,11,13H,5-8H2,1-4H3,(H,14,16);2-3H2,1H3,(H3,5,6,7);1-2H3. The fraction of sp³-hybridized carbons (Fsp3) is 0.833. The van der Waals surface area contributed by atoms with E-state index in [1.807, 2.05) is 48.5 Å². The number of primary amides is 1. The molecule has 5 N–H and O–H groups in total. The number of amides is 3. The Morgan fingerprint density at radius 3 is 1.84 bits per heavy atom. The molecule has 0 bridgehead atoms. The molecule has 0 radical (unpaired) electrons. The molecule has 0 aliphatic heterocycles. The van der Waals surface area contributed by atoms with E-state index in [1.54, 1.807) is 0 Å². The molecule has 0 aliphatic carbocycles. The Morgan fingerprint density at radius 1 is 0.960 bits per heavy atom. The van der Waals surface area contributed by atoms with Crippen LogP contribution in [-0.4, -0.2) is 43.4 Å². The van der Waals surface area contributed by atoms with Crippen molar-refractivity contribution in [3.05, 3.63) is 0 Å². The van der Waals surface area contributed by atoms with Crippen molar-refractivity contribution in [1.29, 1.82) is 0 Å². The van der Waals surface area contributed by atoms with Crippen molar-refractivity contribution in [3.63, 3.8) is 0 Å². The van der Waals surface area contributed by atoms with Crippen molar-refractivity contribution < 1.29 is 14.4 Å². The summed E-state index contributed by atoms with van der Waals surface area (Å²) in [5.41, 5.74) is 4.73. The Hall–Kier alpha value is -1.63. The number of Topliss-reactive ketones (excluding diaryl/α,β-unsaturated/α-hetero) is 1. The minimum atomic E-state index is -0.443. The van der Waals surface area contributed by atoms with Crippen molar-refractivity contribution in [2.45, 2.75) is 73.8 Å². The lowest BCUT2D eigenvalue weighted by Crippen LogP contribution is -2.48. The number of nitrogens with one attached hydrogen (secondary N) is 3. The largest absolute Gasteiger partial charge is 0.352 e. The van der Waals surface area contributed by atoms with E-state index in [2.05, 4.69) is 16.0 Å². The lowest BCUT2D eigenvalue weighted by molar-refractivity contribution is -0.127. The van der Waals surface area contributed by atoms with E-state index in [-0.39, 0.29) is 30.2 Å². The third-order valence-corrected chi connectivity index (χ3v) is 2.91. The van der Waals surface area contributed by atoms with Crippen LogP contribution < -0.4 is 21.7 Å². The molecule has 0 saturated carbocycles. The maximum absolute atomic E-state index is 11.8. The zero-order chi connectivity index (χ0) is 20.3. The third-order valence-electron chi connectivity index (χ3n) is 2.91. The molecule has 0 aromatic carbocycles. The van der Waals surface area contributed by atoms with Crippen LogP contribution in [-0.2, 0) is 9.59 Å². The Bertz CT molecular complexity index is 347. The number of ketones is 1. The topological polar surface area (TPSA) is 113 Å². The van der Waals surface area contributed by atoms with Gasteiger partial charge in [0, 0.05) is 13.0 Å². The molecule has 0 spiro atoms. The van der Waals surface area contributed by atoms with Crippen LogP contribution >= 0.6 is 0 Å². The number of hydrogen-bond acceptors (Lipinski definition) is 4. The van der Waals surface area contributed by atoms with Crippen molar-refractivity contribution in [2.75, 3.05) is 19.6 Å². The minimum Gasteiger partial charge on any atom is -0.352 e. The summed E-state index contributed by atoms with van der Waals surface area (Å²) in [4.78, 5) is 32.9. The minimum absolute atomic E-state index is 0.0821. The van der Waals surface area contributed by atoms with Crippen LogP contribution in [0.2, 0.25) is 0 Å². The predicted molar refractivity (Wildman–Crippen MR) is 104 cm³/mol. The molecule has 0 heterocycles. The Kier molecular flexibility index (Phi) is 23.0. The van der Waals surface area contributed by atoms with Gasteiger partial charge in [0.2, 0.25) is 5.91 Å². The van der Waals surface area contributed by atoms with E-state index >= 15 is 0 Å². The van der Waals surface area contributed by atoms with Gasteiger partial charge in [0.25, 0.3) is 0 Å². The van der Waals surface area contributed by atoms with Gasteiger partial charge in [-0.3, -0.25) is 9.59 Å². The highest BCUT2D eigenvalue weighted by atomic mass is 16.2. The van der Waals surface area contributed by atoms with Gasteiger partial charge in [0.15, 0.2) is 5.78 Å². The molecule has 1 unspecified atom stereocenters. The Balaban J connectivity index is -0.000000450. The van der Waals surface area contributed by atoms with E-state index < -0.39 is 6.03 Å². The normalized spacial score (nSPS) is 10.6. The molecule has 0 aromatic heterocycles. The maximum atomic E-state index is 11.8. The highest BCUT2D eigenvalue weighted by Crippen LogP contribution is 2.01. The number of urea groups is 1. The fourth-order valence-corrected chi connectivity index (χ4v) is 1.76. The zero-order valence-electron chi connectivity index (χ0n) is 17.2. The maximum Gasteiger partial charge on any atom is 0.312 e. The zero-order valence-corrected chi connectivity index (χ0v) is 17.2. The first kappa shape index (κ1) is 28.2. The molecule has 0 rings (SSSR count). The molecule has 1 atom stereocenters.